The van der Waals surface area contributed by atoms with Crippen molar-refractivity contribution >= 4 is 22.6 Å². The van der Waals surface area contributed by atoms with Gasteiger partial charge in [-0.3, -0.25) is 0 Å². The third-order valence-electron chi connectivity index (χ3n) is 4.68. The lowest BCUT2D eigenvalue weighted by molar-refractivity contribution is 0.0697. The number of carboxylic acid groups (broad SMARTS) is 1. The van der Waals surface area contributed by atoms with Crippen LogP contribution in [0, 0.1) is 5.82 Å². The van der Waals surface area contributed by atoms with Gasteiger partial charge in [0.05, 0.1) is 10.9 Å². The number of fused-ring (bicyclic) bond motifs is 1. The highest BCUT2D eigenvalue weighted by atomic mass is 19.1. The van der Waals surface area contributed by atoms with Crippen molar-refractivity contribution in [2.75, 3.05) is 5.32 Å². The molecule has 4 rings (SSSR count). The van der Waals surface area contributed by atoms with Crippen molar-refractivity contribution in [1.82, 2.24) is 9.97 Å². The number of aromatic nitrogens is 2. The Hall–Kier alpha value is -4.00. The molecule has 150 valence electrons. The van der Waals surface area contributed by atoms with Crippen molar-refractivity contribution in [3.63, 3.8) is 0 Å². The maximum Gasteiger partial charge on any atom is 0.335 e. The van der Waals surface area contributed by atoms with Gasteiger partial charge in [-0.2, -0.15) is 0 Å². The molecule has 0 radical (unpaired) electrons. The molecule has 0 saturated carbocycles. The Balaban J connectivity index is 1.66. The number of nitrogens with zero attached hydrogens (tertiary/aromatic N) is 2. The lowest BCUT2D eigenvalue weighted by atomic mass is 10.1. The number of benzene rings is 2. The molecule has 0 fully saturated rings. The lowest BCUT2D eigenvalue weighted by Gasteiger charge is -2.18. The number of rotatable bonds is 6. The zero-order valence-corrected chi connectivity index (χ0v) is 16.0. The number of pyridine rings is 2. The van der Waals surface area contributed by atoms with Crippen molar-refractivity contribution in [3.05, 3.63) is 90.0 Å². The Morgan fingerprint density at radius 3 is 2.33 bits per heavy atom. The second-order valence-electron chi connectivity index (χ2n) is 6.72. The van der Waals surface area contributed by atoms with E-state index < -0.39 is 5.97 Å². The summed E-state index contributed by atoms with van der Waals surface area (Å²) in [6.45, 7) is 1.95. The highest BCUT2D eigenvalue weighted by Gasteiger charge is 2.15. The van der Waals surface area contributed by atoms with E-state index in [1.807, 2.05) is 19.1 Å². The van der Waals surface area contributed by atoms with Crippen LogP contribution in [0.15, 0.2) is 73.1 Å². The molecule has 0 unspecified atom stereocenters. The summed E-state index contributed by atoms with van der Waals surface area (Å²) in [4.78, 5) is 19.8. The summed E-state index contributed by atoms with van der Waals surface area (Å²) < 4.78 is 19.1. The molecule has 0 saturated heterocycles. The lowest BCUT2D eigenvalue weighted by Crippen LogP contribution is -2.09. The molecule has 0 aliphatic carbocycles. The number of anilines is 1. The second kappa shape index (κ2) is 8.16. The van der Waals surface area contributed by atoms with E-state index in [9.17, 15) is 9.18 Å². The SMILES string of the molecule is C[C@H](Nc1nccc2ccnc(Oc3ccc(F)cc3)c12)c1ccc(C(=O)O)cc1. The molecule has 0 spiro atoms. The molecule has 6 nitrogen and oxygen atoms in total. The van der Waals surface area contributed by atoms with E-state index in [1.54, 1.807) is 36.7 Å². The quantitative estimate of drug-likeness (QED) is 0.446. The number of carbonyl (C=O) groups is 1. The Kier molecular flexibility index (Phi) is 5.26. The molecule has 0 aliphatic rings. The smallest absolute Gasteiger partial charge is 0.335 e. The summed E-state index contributed by atoms with van der Waals surface area (Å²) >= 11 is 0. The van der Waals surface area contributed by atoms with Gasteiger partial charge in [-0.15, -0.1) is 0 Å². The first-order valence-electron chi connectivity index (χ1n) is 9.28. The summed E-state index contributed by atoms with van der Waals surface area (Å²) in [5.74, 6) is 0.0747. The van der Waals surface area contributed by atoms with Crippen LogP contribution in [-0.4, -0.2) is 21.0 Å². The highest BCUT2D eigenvalue weighted by Crippen LogP contribution is 2.33. The largest absolute Gasteiger partial charge is 0.478 e. The molecule has 2 aromatic heterocycles. The van der Waals surface area contributed by atoms with Gasteiger partial charge in [0.25, 0.3) is 0 Å². The van der Waals surface area contributed by atoms with Gasteiger partial charge in [-0.05, 0) is 66.4 Å². The molecule has 30 heavy (non-hydrogen) atoms. The number of halogens is 1. The van der Waals surface area contributed by atoms with E-state index in [2.05, 4.69) is 15.3 Å². The van der Waals surface area contributed by atoms with Gasteiger partial charge in [0.15, 0.2) is 0 Å². The first-order chi connectivity index (χ1) is 14.5. The molecule has 2 aromatic carbocycles. The van der Waals surface area contributed by atoms with Crippen LogP contribution in [0.4, 0.5) is 10.2 Å². The third-order valence-corrected chi connectivity index (χ3v) is 4.68. The molecule has 0 bridgehead atoms. The van der Waals surface area contributed by atoms with Crippen molar-refractivity contribution in [2.45, 2.75) is 13.0 Å². The van der Waals surface area contributed by atoms with Crippen LogP contribution in [0.1, 0.15) is 28.9 Å². The van der Waals surface area contributed by atoms with Crippen molar-refractivity contribution < 1.29 is 19.0 Å². The fourth-order valence-electron chi connectivity index (χ4n) is 3.09. The number of hydrogen-bond acceptors (Lipinski definition) is 5. The molecular formula is C23H18FN3O3. The maximum absolute atomic E-state index is 13.2. The van der Waals surface area contributed by atoms with Crippen LogP contribution >= 0.6 is 0 Å². The minimum absolute atomic E-state index is 0.148. The van der Waals surface area contributed by atoms with Crippen molar-refractivity contribution in [1.29, 1.82) is 0 Å². The first kappa shape index (κ1) is 19.3. The molecule has 0 aliphatic heterocycles. The fourth-order valence-corrected chi connectivity index (χ4v) is 3.09. The number of nitrogens with one attached hydrogen (secondary N) is 1. The zero-order valence-electron chi connectivity index (χ0n) is 16.0. The van der Waals surface area contributed by atoms with Crippen LogP contribution in [0.2, 0.25) is 0 Å². The Morgan fingerprint density at radius 1 is 1.00 bits per heavy atom. The van der Waals surface area contributed by atoms with E-state index in [-0.39, 0.29) is 17.4 Å². The summed E-state index contributed by atoms with van der Waals surface area (Å²) in [5.41, 5.74) is 1.14. The van der Waals surface area contributed by atoms with E-state index in [4.69, 9.17) is 9.84 Å². The van der Waals surface area contributed by atoms with Gasteiger partial charge in [-0.1, -0.05) is 12.1 Å². The van der Waals surface area contributed by atoms with Crippen LogP contribution in [0.25, 0.3) is 10.8 Å². The Labute approximate surface area is 172 Å². The molecule has 1 atom stereocenters. The summed E-state index contributed by atoms with van der Waals surface area (Å²) in [6.07, 6.45) is 3.33. The van der Waals surface area contributed by atoms with Crippen LogP contribution in [0.5, 0.6) is 11.6 Å². The van der Waals surface area contributed by atoms with Gasteiger partial charge in [0, 0.05) is 18.4 Å². The summed E-state index contributed by atoms with van der Waals surface area (Å²) in [7, 11) is 0. The van der Waals surface area contributed by atoms with Crippen molar-refractivity contribution in [3.8, 4) is 11.6 Å². The van der Waals surface area contributed by atoms with Gasteiger partial charge in [0.1, 0.15) is 17.4 Å². The van der Waals surface area contributed by atoms with E-state index in [0.717, 1.165) is 10.9 Å². The monoisotopic (exact) mass is 403 g/mol. The average molecular weight is 403 g/mol. The third kappa shape index (κ3) is 4.05. The summed E-state index contributed by atoms with van der Waals surface area (Å²) in [6, 6.07) is 15.9. The molecule has 2 heterocycles. The van der Waals surface area contributed by atoms with Gasteiger partial charge < -0.3 is 15.2 Å². The van der Waals surface area contributed by atoms with Gasteiger partial charge >= 0.3 is 5.97 Å². The fraction of sp³-hybridized carbons (Fsp3) is 0.0870. The number of carboxylic acids is 1. The molecule has 4 aromatic rings. The standard InChI is InChI=1S/C23H18FN3O3/c1-14(15-2-4-17(5-3-15)23(28)29)27-21-20-16(10-12-25-21)11-13-26-22(20)30-19-8-6-18(24)7-9-19/h2-14H,1H3,(H,25,27)(H,28,29)/t14-/m0/s1. The predicted octanol–water partition coefficient (Wildman–Crippen LogP) is 5.43. The number of aromatic carboxylic acids is 1. The minimum atomic E-state index is -0.966. The molecule has 0 amide bonds. The Morgan fingerprint density at radius 2 is 1.67 bits per heavy atom. The van der Waals surface area contributed by atoms with Crippen LogP contribution in [0.3, 0.4) is 0 Å². The van der Waals surface area contributed by atoms with E-state index in [0.29, 0.717) is 22.8 Å². The first-order valence-corrected chi connectivity index (χ1v) is 9.28. The predicted molar refractivity (Wildman–Crippen MR) is 111 cm³/mol. The van der Waals surface area contributed by atoms with E-state index >= 15 is 0 Å². The average Bonchev–Trinajstić information content (AvgIpc) is 2.75. The second-order valence-corrected chi connectivity index (χ2v) is 6.72. The van der Waals surface area contributed by atoms with Gasteiger partial charge in [0.2, 0.25) is 5.88 Å². The number of ether oxygens (including phenoxy) is 1. The van der Waals surface area contributed by atoms with Gasteiger partial charge in [-0.25, -0.2) is 19.2 Å². The van der Waals surface area contributed by atoms with Crippen LogP contribution in [-0.2, 0) is 0 Å². The van der Waals surface area contributed by atoms with E-state index in [1.165, 1.54) is 24.3 Å². The molecule has 7 heteroatoms. The maximum atomic E-state index is 13.2. The molecular weight excluding hydrogens is 385 g/mol. The Bertz CT molecular complexity index is 1190. The van der Waals surface area contributed by atoms with Crippen LogP contribution < -0.4 is 10.1 Å². The molecule has 2 N–H and O–H groups in total. The highest BCUT2D eigenvalue weighted by molar-refractivity contribution is 5.96. The topological polar surface area (TPSA) is 84.3 Å². The normalized spacial score (nSPS) is 11.8. The number of hydrogen-bond donors (Lipinski definition) is 2. The minimum Gasteiger partial charge on any atom is -0.478 e. The summed E-state index contributed by atoms with van der Waals surface area (Å²) in [5, 5.41) is 14.0. The van der Waals surface area contributed by atoms with Crippen molar-refractivity contribution in [2.24, 2.45) is 0 Å². The zero-order chi connectivity index (χ0) is 21.1.